The van der Waals surface area contributed by atoms with Crippen LogP contribution in [0.3, 0.4) is 0 Å². The molecule has 1 aromatic carbocycles. The molecule has 2 heterocycles. The number of aryl methyl sites for hydroxylation is 1. The van der Waals surface area contributed by atoms with Crippen LogP contribution in [0, 0.1) is 6.92 Å². The topological polar surface area (TPSA) is 72.0 Å². The number of nitrogens with zero attached hydrogens (tertiary/aromatic N) is 2. The second-order valence-electron chi connectivity index (χ2n) is 5.98. The molecule has 0 unspecified atom stereocenters. The molecule has 0 radical (unpaired) electrons. The zero-order chi connectivity index (χ0) is 16.9. The molecule has 7 nitrogen and oxygen atoms in total. The van der Waals surface area contributed by atoms with Crippen LogP contribution < -0.4 is 19.9 Å². The first-order chi connectivity index (χ1) is 11.6. The van der Waals surface area contributed by atoms with Gasteiger partial charge in [0.05, 0.1) is 33.3 Å². The molecule has 7 heteroatoms. The average molecular weight is 331 g/mol. The Hall–Kier alpha value is -2.54. The van der Waals surface area contributed by atoms with Crippen molar-refractivity contribution in [2.45, 2.75) is 6.92 Å². The maximum absolute atomic E-state index is 12.1. The summed E-state index contributed by atoms with van der Waals surface area (Å²) in [6, 6.07) is 9.81. The number of amides is 1. The van der Waals surface area contributed by atoms with E-state index < -0.39 is 0 Å². The van der Waals surface area contributed by atoms with Crippen LogP contribution in [0.5, 0.6) is 5.75 Å². The lowest BCUT2D eigenvalue weighted by molar-refractivity contribution is -0.892. The molecule has 24 heavy (non-hydrogen) atoms. The van der Waals surface area contributed by atoms with Gasteiger partial charge in [-0.15, -0.1) is 0 Å². The molecular formula is C17H23N4O3+. The molecule has 0 spiro atoms. The van der Waals surface area contributed by atoms with Gasteiger partial charge >= 0.3 is 0 Å². The quantitative estimate of drug-likeness (QED) is 0.826. The Morgan fingerprint density at radius 3 is 2.62 bits per heavy atom. The van der Waals surface area contributed by atoms with Crippen LogP contribution in [0.1, 0.15) is 5.76 Å². The van der Waals surface area contributed by atoms with Crippen molar-refractivity contribution in [2.75, 3.05) is 50.1 Å². The molecule has 0 aliphatic carbocycles. The fraction of sp³-hybridized carbons (Fsp3) is 0.412. The van der Waals surface area contributed by atoms with E-state index in [1.54, 1.807) is 20.1 Å². The zero-order valence-corrected chi connectivity index (χ0v) is 14.0. The number of nitrogens with one attached hydrogen (secondary N) is 2. The van der Waals surface area contributed by atoms with E-state index in [9.17, 15) is 4.79 Å². The third kappa shape index (κ3) is 4.05. The number of rotatable bonds is 5. The number of hydrogen-bond acceptors (Lipinski definition) is 5. The molecule has 1 aliphatic rings. The first-order valence-electron chi connectivity index (χ1n) is 8.10. The van der Waals surface area contributed by atoms with E-state index in [1.807, 2.05) is 12.1 Å². The van der Waals surface area contributed by atoms with Gasteiger partial charge in [0.1, 0.15) is 11.5 Å². The first kappa shape index (κ1) is 16.3. The van der Waals surface area contributed by atoms with Crippen molar-refractivity contribution < 1.29 is 19.0 Å². The first-order valence-corrected chi connectivity index (χ1v) is 8.10. The third-order valence-corrected chi connectivity index (χ3v) is 4.21. The van der Waals surface area contributed by atoms with Crippen molar-refractivity contribution in [3.8, 4) is 5.75 Å². The van der Waals surface area contributed by atoms with Crippen LogP contribution in [-0.2, 0) is 4.79 Å². The molecule has 128 valence electrons. The minimum Gasteiger partial charge on any atom is -0.497 e. The van der Waals surface area contributed by atoms with E-state index in [-0.39, 0.29) is 5.91 Å². The number of benzene rings is 1. The van der Waals surface area contributed by atoms with E-state index in [0.29, 0.717) is 18.1 Å². The normalized spacial score (nSPS) is 15.3. The highest BCUT2D eigenvalue weighted by molar-refractivity contribution is 5.90. The number of carbonyl (C=O) groups is 1. The fourth-order valence-electron chi connectivity index (χ4n) is 2.89. The van der Waals surface area contributed by atoms with E-state index in [0.717, 1.165) is 31.9 Å². The number of quaternary nitrogens is 1. The monoisotopic (exact) mass is 331 g/mol. The van der Waals surface area contributed by atoms with Crippen LogP contribution in [-0.4, -0.2) is 50.9 Å². The summed E-state index contributed by atoms with van der Waals surface area (Å²) in [7, 11) is 1.67. The van der Waals surface area contributed by atoms with Crippen molar-refractivity contribution in [3.63, 3.8) is 0 Å². The lowest BCUT2D eigenvalue weighted by Crippen LogP contribution is -3.15. The van der Waals surface area contributed by atoms with Gasteiger partial charge in [0.25, 0.3) is 5.91 Å². The summed E-state index contributed by atoms with van der Waals surface area (Å²) in [5.41, 5.74) is 1.19. The van der Waals surface area contributed by atoms with Gasteiger partial charge in [-0.25, -0.2) is 0 Å². The van der Waals surface area contributed by atoms with Crippen LogP contribution in [0.15, 0.2) is 34.9 Å². The smallest absolute Gasteiger partial charge is 0.280 e. The Labute approximate surface area is 141 Å². The van der Waals surface area contributed by atoms with Crippen molar-refractivity contribution in [1.29, 1.82) is 0 Å². The van der Waals surface area contributed by atoms with Crippen molar-refractivity contribution >= 4 is 17.4 Å². The minimum atomic E-state index is -0.0313. The summed E-state index contributed by atoms with van der Waals surface area (Å²) >= 11 is 0. The summed E-state index contributed by atoms with van der Waals surface area (Å²) in [5, 5.41) is 6.55. The maximum atomic E-state index is 12.1. The van der Waals surface area contributed by atoms with Gasteiger partial charge in [-0.05, 0) is 31.2 Å². The Bertz CT molecular complexity index is 675. The molecule has 1 amide bonds. The van der Waals surface area contributed by atoms with Crippen LogP contribution >= 0.6 is 0 Å². The standard InChI is InChI=1S/C17H22N4O3/c1-13-11-16(19-24-13)18-17(22)12-20-7-9-21(10-8-20)14-3-5-15(23-2)6-4-14/h3-6,11H,7-10,12H2,1-2H3,(H,18,19,22)/p+1. The molecule has 1 saturated heterocycles. The Balaban J connectivity index is 1.46. The molecule has 3 rings (SSSR count). The molecule has 2 aromatic rings. The highest BCUT2D eigenvalue weighted by atomic mass is 16.5. The average Bonchev–Trinajstić information content (AvgIpc) is 3.00. The Morgan fingerprint density at radius 2 is 2.04 bits per heavy atom. The predicted octanol–water partition coefficient (Wildman–Crippen LogP) is 0.335. The molecule has 1 aliphatic heterocycles. The zero-order valence-electron chi connectivity index (χ0n) is 14.0. The lowest BCUT2D eigenvalue weighted by atomic mass is 10.2. The number of anilines is 2. The van der Waals surface area contributed by atoms with Gasteiger partial charge < -0.3 is 24.4 Å². The Morgan fingerprint density at radius 1 is 1.33 bits per heavy atom. The summed E-state index contributed by atoms with van der Waals surface area (Å²) in [4.78, 5) is 15.7. The molecule has 1 fully saturated rings. The summed E-state index contributed by atoms with van der Waals surface area (Å²) in [6.07, 6.45) is 0. The highest BCUT2D eigenvalue weighted by Gasteiger charge is 2.22. The van der Waals surface area contributed by atoms with Crippen molar-refractivity contribution in [2.24, 2.45) is 0 Å². The van der Waals surface area contributed by atoms with Gasteiger partial charge in [-0.3, -0.25) is 4.79 Å². The molecule has 0 saturated carbocycles. The number of methoxy groups -OCH3 is 1. The number of hydrogen-bond donors (Lipinski definition) is 2. The van der Waals surface area contributed by atoms with E-state index in [2.05, 4.69) is 27.5 Å². The minimum absolute atomic E-state index is 0.0313. The molecular weight excluding hydrogens is 308 g/mol. The van der Waals surface area contributed by atoms with E-state index in [4.69, 9.17) is 9.26 Å². The van der Waals surface area contributed by atoms with Crippen LogP contribution in [0.4, 0.5) is 11.5 Å². The third-order valence-electron chi connectivity index (χ3n) is 4.21. The van der Waals surface area contributed by atoms with E-state index in [1.165, 1.54) is 10.6 Å². The van der Waals surface area contributed by atoms with Crippen molar-refractivity contribution in [3.05, 3.63) is 36.1 Å². The number of carbonyl (C=O) groups excluding carboxylic acids is 1. The van der Waals surface area contributed by atoms with Gasteiger partial charge in [-0.2, -0.15) is 0 Å². The van der Waals surface area contributed by atoms with Gasteiger partial charge in [-0.1, -0.05) is 5.16 Å². The highest BCUT2D eigenvalue weighted by Crippen LogP contribution is 2.18. The molecule has 0 atom stereocenters. The Kier molecular flexibility index (Phi) is 5.00. The van der Waals surface area contributed by atoms with E-state index >= 15 is 0 Å². The summed E-state index contributed by atoms with van der Waals surface area (Å²) in [6.45, 7) is 5.96. The number of ether oxygens (including phenoxy) is 1. The number of piperazine rings is 1. The maximum Gasteiger partial charge on any atom is 0.280 e. The largest absolute Gasteiger partial charge is 0.497 e. The summed E-state index contributed by atoms with van der Waals surface area (Å²) < 4.78 is 10.1. The summed E-state index contributed by atoms with van der Waals surface area (Å²) in [5.74, 6) is 2.00. The SMILES string of the molecule is COc1ccc(N2CC[NH+](CC(=O)Nc3cc(C)on3)CC2)cc1. The van der Waals surface area contributed by atoms with Gasteiger partial charge in [0.15, 0.2) is 12.4 Å². The van der Waals surface area contributed by atoms with Crippen LogP contribution in [0.25, 0.3) is 0 Å². The predicted molar refractivity (Wildman–Crippen MR) is 90.6 cm³/mol. The van der Waals surface area contributed by atoms with Gasteiger partial charge in [0, 0.05) is 11.8 Å². The second kappa shape index (κ2) is 7.35. The van der Waals surface area contributed by atoms with Crippen molar-refractivity contribution in [1.82, 2.24) is 5.16 Å². The fourth-order valence-corrected chi connectivity index (χ4v) is 2.89. The molecule has 2 N–H and O–H groups in total. The van der Waals surface area contributed by atoms with Gasteiger partial charge in [0.2, 0.25) is 0 Å². The molecule has 0 bridgehead atoms. The number of aromatic nitrogens is 1. The second-order valence-corrected chi connectivity index (χ2v) is 5.98. The lowest BCUT2D eigenvalue weighted by Gasteiger charge is -2.33. The van der Waals surface area contributed by atoms with Crippen LogP contribution in [0.2, 0.25) is 0 Å². The molecule has 1 aromatic heterocycles.